The van der Waals surface area contributed by atoms with E-state index >= 15 is 0 Å². The van der Waals surface area contributed by atoms with Gasteiger partial charge in [-0.05, 0) is 43.7 Å². The molecular weight excluding hydrogens is 422 g/mol. The summed E-state index contributed by atoms with van der Waals surface area (Å²) in [6, 6.07) is 11.1. The van der Waals surface area contributed by atoms with E-state index in [2.05, 4.69) is 9.97 Å². The molecule has 3 rings (SSSR count). The molecule has 0 saturated carbocycles. The number of H-pyrrole nitrogens is 1. The first-order valence-electron chi connectivity index (χ1n) is 9.39. The van der Waals surface area contributed by atoms with Gasteiger partial charge in [0.2, 0.25) is 10.0 Å². The molecule has 0 aliphatic heterocycles. The van der Waals surface area contributed by atoms with Gasteiger partial charge in [0.05, 0.1) is 11.5 Å². The number of ether oxygens (including phenoxy) is 2. The van der Waals surface area contributed by atoms with Crippen molar-refractivity contribution >= 4 is 10.0 Å². The molecule has 0 fully saturated rings. The van der Waals surface area contributed by atoms with E-state index in [0.29, 0.717) is 28.5 Å². The standard InChI is InChI=1S/C21H23N3O6S/c1-13-10-23-20(24-21(13)26)16-7-17(9-18(8-16)30-14(2)11-25)29-12-15-3-5-19(6-4-15)31(22,27)28/h3-10,14,25H,11-12H2,1-2H3,(H2,22,27,28)(H,23,24,26). The number of aryl methyl sites for hydroxylation is 1. The molecule has 31 heavy (non-hydrogen) atoms. The average molecular weight is 445 g/mol. The van der Waals surface area contributed by atoms with Gasteiger partial charge in [-0.25, -0.2) is 18.5 Å². The first-order valence-corrected chi connectivity index (χ1v) is 10.9. The molecular formula is C21H23N3O6S. The largest absolute Gasteiger partial charge is 0.489 e. The number of primary sulfonamides is 1. The molecule has 1 heterocycles. The van der Waals surface area contributed by atoms with Crippen LogP contribution in [0.15, 0.2) is 58.4 Å². The highest BCUT2D eigenvalue weighted by molar-refractivity contribution is 7.89. The molecule has 0 saturated heterocycles. The van der Waals surface area contributed by atoms with Crippen LogP contribution in [0, 0.1) is 6.92 Å². The number of benzene rings is 2. The fourth-order valence-electron chi connectivity index (χ4n) is 2.68. The molecule has 164 valence electrons. The van der Waals surface area contributed by atoms with Crippen molar-refractivity contribution in [2.45, 2.75) is 31.5 Å². The second-order valence-electron chi connectivity index (χ2n) is 7.03. The molecule has 0 amide bonds. The van der Waals surface area contributed by atoms with Gasteiger partial charge in [0, 0.05) is 23.4 Å². The average Bonchev–Trinajstić information content (AvgIpc) is 2.73. The van der Waals surface area contributed by atoms with E-state index in [0.717, 1.165) is 5.56 Å². The Morgan fingerprint density at radius 2 is 1.84 bits per heavy atom. The van der Waals surface area contributed by atoms with Crippen LogP contribution in [0.3, 0.4) is 0 Å². The Hall–Kier alpha value is -3.21. The Balaban J connectivity index is 1.88. The molecule has 4 N–H and O–H groups in total. The van der Waals surface area contributed by atoms with Crippen LogP contribution in [0.5, 0.6) is 11.5 Å². The van der Waals surface area contributed by atoms with Crippen molar-refractivity contribution in [3.05, 3.63) is 70.1 Å². The summed E-state index contributed by atoms with van der Waals surface area (Å²) < 4.78 is 34.3. The minimum Gasteiger partial charge on any atom is -0.489 e. The third-order valence-corrected chi connectivity index (χ3v) is 5.31. The van der Waals surface area contributed by atoms with Crippen LogP contribution in [0.1, 0.15) is 18.1 Å². The number of aromatic nitrogens is 2. The van der Waals surface area contributed by atoms with Crippen LogP contribution in [0.2, 0.25) is 0 Å². The molecule has 0 spiro atoms. The summed E-state index contributed by atoms with van der Waals surface area (Å²) in [6.45, 7) is 3.36. The Morgan fingerprint density at radius 3 is 2.45 bits per heavy atom. The van der Waals surface area contributed by atoms with Crippen LogP contribution in [-0.4, -0.2) is 36.2 Å². The number of rotatable bonds is 8. The van der Waals surface area contributed by atoms with Crippen molar-refractivity contribution in [2.75, 3.05) is 6.61 Å². The second-order valence-corrected chi connectivity index (χ2v) is 8.59. The van der Waals surface area contributed by atoms with Gasteiger partial charge in [0.15, 0.2) is 0 Å². The minimum absolute atomic E-state index is 0.0151. The molecule has 0 bridgehead atoms. The fraction of sp³-hybridized carbons (Fsp3) is 0.238. The van der Waals surface area contributed by atoms with Gasteiger partial charge in [-0.3, -0.25) is 4.79 Å². The van der Waals surface area contributed by atoms with E-state index in [1.165, 1.54) is 18.3 Å². The van der Waals surface area contributed by atoms with Crippen molar-refractivity contribution in [3.8, 4) is 22.9 Å². The number of aromatic amines is 1. The lowest BCUT2D eigenvalue weighted by molar-refractivity contribution is 0.129. The Kier molecular flexibility index (Phi) is 6.74. The van der Waals surface area contributed by atoms with Crippen LogP contribution < -0.4 is 20.2 Å². The van der Waals surface area contributed by atoms with Crippen molar-refractivity contribution in [1.82, 2.24) is 9.97 Å². The number of nitrogens with two attached hydrogens (primary N) is 1. The Morgan fingerprint density at radius 1 is 1.16 bits per heavy atom. The summed E-state index contributed by atoms with van der Waals surface area (Å²) in [5.74, 6) is 1.22. The van der Waals surface area contributed by atoms with Crippen molar-refractivity contribution in [2.24, 2.45) is 5.14 Å². The zero-order valence-electron chi connectivity index (χ0n) is 17.0. The minimum atomic E-state index is -3.76. The fourth-order valence-corrected chi connectivity index (χ4v) is 3.19. The molecule has 1 atom stereocenters. The van der Waals surface area contributed by atoms with Crippen LogP contribution in [0.25, 0.3) is 11.4 Å². The van der Waals surface area contributed by atoms with Gasteiger partial charge in [-0.2, -0.15) is 0 Å². The first kappa shape index (κ1) is 22.5. The molecule has 3 aromatic rings. The van der Waals surface area contributed by atoms with E-state index in [4.69, 9.17) is 14.6 Å². The Labute approximate surface area is 179 Å². The highest BCUT2D eigenvalue weighted by Crippen LogP contribution is 2.29. The molecule has 0 radical (unpaired) electrons. The summed E-state index contributed by atoms with van der Waals surface area (Å²) in [6.07, 6.45) is 1.03. The number of hydrogen-bond acceptors (Lipinski definition) is 7. The number of hydrogen-bond donors (Lipinski definition) is 3. The highest BCUT2D eigenvalue weighted by Gasteiger charge is 2.11. The van der Waals surface area contributed by atoms with E-state index in [1.807, 2.05) is 0 Å². The van der Waals surface area contributed by atoms with Crippen LogP contribution in [0.4, 0.5) is 0 Å². The van der Waals surface area contributed by atoms with Crippen molar-refractivity contribution in [3.63, 3.8) is 0 Å². The lowest BCUT2D eigenvalue weighted by atomic mass is 10.1. The summed E-state index contributed by atoms with van der Waals surface area (Å²) in [5, 5.41) is 14.4. The molecule has 2 aromatic carbocycles. The van der Waals surface area contributed by atoms with Crippen LogP contribution >= 0.6 is 0 Å². The normalized spacial score (nSPS) is 12.4. The van der Waals surface area contributed by atoms with Gasteiger partial charge < -0.3 is 19.6 Å². The SMILES string of the molecule is Cc1cnc(-c2cc(OCc3ccc(S(N)(=O)=O)cc3)cc(OC(C)CO)c2)[nH]c1=O. The van der Waals surface area contributed by atoms with Gasteiger partial charge in [-0.15, -0.1) is 0 Å². The zero-order valence-corrected chi connectivity index (χ0v) is 17.8. The van der Waals surface area contributed by atoms with Gasteiger partial charge >= 0.3 is 0 Å². The van der Waals surface area contributed by atoms with Crippen molar-refractivity contribution < 1.29 is 23.0 Å². The van der Waals surface area contributed by atoms with Gasteiger partial charge in [-0.1, -0.05) is 12.1 Å². The molecule has 9 nitrogen and oxygen atoms in total. The molecule has 0 aliphatic rings. The number of sulfonamides is 1. The van der Waals surface area contributed by atoms with Crippen LogP contribution in [-0.2, 0) is 16.6 Å². The van der Waals surface area contributed by atoms with Gasteiger partial charge in [0.25, 0.3) is 5.56 Å². The van der Waals surface area contributed by atoms with E-state index < -0.39 is 16.1 Å². The number of nitrogens with zero attached hydrogens (tertiary/aromatic N) is 1. The molecule has 1 aromatic heterocycles. The summed E-state index contributed by atoms with van der Waals surface area (Å²) in [4.78, 5) is 19.0. The monoisotopic (exact) mass is 445 g/mol. The Bertz CT molecular complexity index is 1220. The predicted molar refractivity (Wildman–Crippen MR) is 114 cm³/mol. The summed E-state index contributed by atoms with van der Waals surface area (Å²) in [5.41, 5.74) is 1.53. The quantitative estimate of drug-likeness (QED) is 0.479. The highest BCUT2D eigenvalue weighted by atomic mass is 32.2. The number of nitrogens with one attached hydrogen (secondary N) is 1. The topological polar surface area (TPSA) is 145 Å². The smallest absolute Gasteiger partial charge is 0.254 e. The second kappa shape index (κ2) is 9.29. The van der Waals surface area contributed by atoms with Crippen molar-refractivity contribution in [1.29, 1.82) is 0 Å². The molecule has 0 aliphatic carbocycles. The van der Waals surface area contributed by atoms with E-state index in [9.17, 15) is 18.3 Å². The van der Waals surface area contributed by atoms with Gasteiger partial charge in [0.1, 0.15) is 30.0 Å². The maximum absolute atomic E-state index is 12.0. The maximum Gasteiger partial charge on any atom is 0.254 e. The third-order valence-electron chi connectivity index (χ3n) is 4.38. The zero-order chi connectivity index (χ0) is 22.6. The van der Waals surface area contributed by atoms with E-state index in [1.54, 1.807) is 44.2 Å². The number of aliphatic hydroxyl groups is 1. The lowest BCUT2D eigenvalue weighted by Gasteiger charge is -2.15. The summed E-state index contributed by atoms with van der Waals surface area (Å²) >= 11 is 0. The third kappa shape index (κ3) is 5.91. The maximum atomic E-state index is 12.0. The molecule has 10 heteroatoms. The first-order chi connectivity index (χ1) is 14.7. The number of aliphatic hydroxyl groups excluding tert-OH is 1. The summed E-state index contributed by atoms with van der Waals surface area (Å²) in [7, 11) is -3.76. The lowest BCUT2D eigenvalue weighted by Crippen LogP contribution is -2.16. The van der Waals surface area contributed by atoms with E-state index in [-0.39, 0.29) is 23.7 Å². The molecule has 1 unspecified atom stereocenters. The predicted octanol–water partition coefficient (Wildman–Crippen LogP) is 1.73.